The molecule has 0 bridgehead atoms. The summed E-state index contributed by atoms with van der Waals surface area (Å²) in [4.78, 5) is 26.0. The van der Waals surface area contributed by atoms with Gasteiger partial charge in [-0.2, -0.15) is 0 Å². The number of unbranched alkanes of at least 4 members (excludes halogenated alkanes) is 2. The molecule has 0 saturated carbocycles. The van der Waals surface area contributed by atoms with Gasteiger partial charge in [0.1, 0.15) is 5.60 Å². The zero-order valence-corrected chi connectivity index (χ0v) is 24.4. The lowest BCUT2D eigenvalue weighted by Gasteiger charge is -2.33. The van der Waals surface area contributed by atoms with Gasteiger partial charge in [0.05, 0.1) is 18.8 Å². The number of benzene rings is 2. The lowest BCUT2D eigenvalue weighted by Crippen LogP contribution is -2.33. The molecule has 5 nitrogen and oxygen atoms in total. The van der Waals surface area contributed by atoms with Crippen LogP contribution in [0.15, 0.2) is 36.4 Å². The molecule has 0 saturated heterocycles. The van der Waals surface area contributed by atoms with Crippen LogP contribution in [0.4, 0.5) is 0 Å². The molecule has 0 aliphatic rings. The van der Waals surface area contributed by atoms with E-state index in [2.05, 4.69) is 46.8 Å². The van der Waals surface area contributed by atoms with Gasteiger partial charge in [0.25, 0.3) is 0 Å². The summed E-state index contributed by atoms with van der Waals surface area (Å²) < 4.78 is 11.5. The third-order valence-corrected chi connectivity index (χ3v) is 6.80. The molecule has 2 aromatic carbocycles. The lowest BCUT2D eigenvalue weighted by atomic mass is 9.87. The Balaban J connectivity index is 2.41. The van der Waals surface area contributed by atoms with Crippen molar-refractivity contribution < 1.29 is 24.0 Å². The summed E-state index contributed by atoms with van der Waals surface area (Å²) in [5.41, 5.74) is 2.16. The van der Waals surface area contributed by atoms with Crippen LogP contribution in [0, 0.1) is 0 Å². The van der Waals surface area contributed by atoms with Gasteiger partial charge in [-0.15, -0.1) is 0 Å². The van der Waals surface area contributed by atoms with E-state index in [0.29, 0.717) is 42.3 Å². The van der Waals surface area contributed by atoms with Crippen molar-refractivity contribution >= 4 is 5.78 Å². The highest BCUT2D eigenvalue weighted by atomic mass is 17.2. The van der Waals surface area contributed by atoms with Crippen molar-refractivity contribution in [3.63, 3.8) is 0 Å². The van der Waals surface area contributed by atoms with Gasteiger partial charge >= 0.3 is 0 Å². The molecule has 206 valence electrons. The van der Waals surface area contributed by atoms with Crippen molar-refractivity contribution in [2.75, 3.05) is 13.2 Å². The first-order valence-electron chi connectivity index (χ1n) is 14.1. The van der Waals surface area contributed by atoms with E-state index < -0.39 is 5.60 Å². The first-order chi connectivity index (χ1) is 17.6. The fourth-order valence-electron chi connectivity index (χ4n) is 4.31. The molecule has 37 heavy (non-hydrogen) atoms. The fraction of sp³-hybridized carbons (Fsp3) is 0.594. The third kappa shape index (κ3) is 8.58. The van der Waals surface area contributed by atoms with Gasteiger partial charge in [-0.1, -0.05) is 58.6 Å². The van der Waals surface area contributed by atoms with Crippen molar-refractivity contribution in [2.45, 2.75) is 112 Å². The van der Waals surface area contributed by atoms with Gasteiger partial charge in [-0.3, -0.25) is 4.79 Å². The van der Waals surface area contributed by atoms with Crippen LogP contribution in [0.2, 0.25) is 0 Å². The van der Waals surface area contributed by atoms with E-state index in [1.165, 1.54) is 12.8 Å². The molecular formula is C32H48O5. The van der Waals surface area contributed by atoms with Gasteiger partial charge in [0.15, 0.2) is 17.3 Å². The molecule has 0 N–H and O–H groups in total. The maximum Gasteiger partial charge on any atom is 0.193 e. The zero-order chi connectivity index (χ0) is 27.5. The number of carbonyl (C=O) groups excluding carboxylic acids is 1. The summed E-state index contributed by atoms with van der Waals surface area (Å²) in [5.74, 6) is 1.20. The predicted octanol–water partition coefficient (Wildman–Crippen LogP) is 8.60. The van der Waals surface area contributed by atoms with Gasteiger partial charge in [0.2, 0.25) is 0 Å². The zero-order valence-electron chi connectivity index (χ0n) is 24.4. The van der Waals surface area contributed by atoms with Crippen molar-refractivity contribution in [3.8, 4) is 11.5 Å². The second kappa shape index (κ2) is 14.5. The van der Waals surface area contributed by atoms with Crippen molar-refractivity contribution in [1.82, 2.24) is 0 Å². The quantitative estimate of drug-likeness (QED) is 0.0919. The molecule has 2 aromatic rings. The molecular weight excluding hydrogens is 464 g/mol. The third-order valence-electron chi connectivity index (χ3n) is 6.80. The first kappa shape index (κ1) is 30.9. The minimum atomic E-state index is -0.683. The Hall–Kier alpha value is -2.37. The van der Waals surface area contributed by atoms with E-state index in [0.717, 1.165) is 36.8 Å². The summed E-state index contributed by atoms with van der Waals surface area (Å²) in [5, 5.41) is 0. The number of ketones is 1. The summed E-state index contributed by atoms with van der Waals surface area (Å²) in [6.07, 6.45) is 6.86. The summed E-state index contributed by atoms with van der Waals surface area (Å²) in [7, 11) is 0. The molecule has 2 rings (SSSR count). The van der Waals surface area contributed by atoms with Crippen LogP contribution < -0.4 is 9.47 Å². The van der Waals surface area contributed by atoms with Crippen LogP contribution >= 0.6 is 0 Å². The molecule has 0 radical (unpaired) electrons. The Labute approximate surface area is 224 Å². The maximum absolute atomic E-state index is 13.8. The number of rotatable bonds is 17. The summed E-state index contributed by atoms with van der Waals surface area (Å²) >= 11 is 0. The maximum atomic E-state index is 13.8. The molecule has 0 spiro atoms. The SMILES string of the molecule is CCCCCC(C)(C)OOC(C)(CC)c1ccc(CCC)c(C(=O)c2ccc(OCC)c(OCC)c2)c1. The van der Waals surface area contributed by atoms with Crippen molar-refractivity contribution in [3.05, 3.63) is 58.7 Å². The molecule has 1 atom stereocenters. The van der Waals surface area contributed by atoms with Crippen molar-refractivity contribution in [1.29, 1.82) is 0 Å². The largest absolute Gasteiger partial charge is 0.490 e. The van der Waals surface area contributed by atoms with E-state index in [1.54, 1.807) is 6.07 Å². The van der Waals surface area contributed by atoms with E-state index >= 15 is 0 Å². The van der Waals surface area contributed by atoms with Gasteiger partial charge in [-0.25, -0.2) is 9.78 Å². The second-order valence-electron chi connectivity index (χ2n) is 10.4. The average Bonchev–Trinajstić information content (AvgIpc) is 2.88. The smallest absolute Gasteiger partial charge is 0.193 e. The number of hydrogen-bond donors (Lipinski definition) is 0. The lowest BCUT2D eigenvalue weighted by molar-refractivity contribution is -0.410. The van der Waals surface area contributed by atoms with Gasteiger partial charge < -0.3 is 9.47 Å². The Bertz CT molecular complexity index is 997. The highest BCUT2D eigenvalue weighted by Crippen LogP contribution is 2.35. The molecule has 1 unspecified atom stereocenters. The second-order valence-corrected chi connectivity index (χ2v) is 10.4. The Morgan fingerprint density at radius 1 is 0.784 bits per heavy atom. The standard InChI is InChI=1S/C32H48O5/c1-9-14-15-21-31(6,7)36-37-32(8,11-3)26-19-17-24(16-10-2)27(23-26)30(33)25-18-20-28(34-12-4)29(22-25)35-13-5/h17-20,22-23H,9-16,21H2,1-8H3. The highest BCUT2D eigenvalue weighted by Gasteiger charge is 2.32. The number of carbonyl (C=O) groups is 1. The van der Waals surface area contributed by atoms with Crippen molar-refractivity contribution in [2.24, 2.45) is 0 Å². The Kier molecular flexibility index (Phi) is 12.1. The van der Waals surface area contributed by atoms with Crippen LogP contribution in [0.3, 0.4) is 0 Å². The fourth-order valence-corrected chi connectivity index (χ4v) is 4.31. The Morgan fingerprint density at radius 2 is 1.49 bits per heavy atom. The summed E-state index contributed by atoms with van der Waals surface area (Å²) in [6, 6.07) is 11.5. The van der Waals surface area contributed by atoms with Crippen LogP contribution in [0.25, 0.3) is 0 Å². The van der Waals surface area contributed by atoms with Crippen LogP contribution in [0.1, 0.15) is 121 Å². The van der Waals surface area contributed by atoms with E-state index in [9.17, 15) is 4.79 Å². The van der Waals surface area contributed by atoms with Gasteiger partial charge in [0, 0.05) is 11.1 Å². The normalized spacial score (nSPS) is 13.3. The van der Waals surface area contributed by atoms with E-state index in [4.69, 9.17) is 19.2 Å². The number of ether oxygens (including phenoxy) is 2. The van der Waals surface area contributed by atoms with Crippen LogP contribution in [-0.4, -0.2) is 24.6 Å². The van der Waals surface area contributed by atoms with Crippen LogP contribution in [0.5, 0.6) is 11.5 Å². The van der Waals surface area contributed by atoms with E-state index in [1.807, 2.05) is 39.0 Å². The topological polar surface area (TPSA) is 54.0 Å². The molecule has 0 aliphatic heterocycles. The summed E-state index contributed by atoms with van der Waals surface area (Å²) in [6.45, 7) is 17.5. The minimum absolute atomic E-state index is 0.0337. The molecule has 5 heteroatoms. The first-order valence-corrected chi connectivity index (χ1v) is 14.1. The minimum Gasteiger partial charge on any atom is -0.490 e. The predicted molar refractivity (Wildman–Crippen MR) is 151 cm³/mol. The van der Waals surface area contributed by atoms with Gasteiger partial charge in [-0.05, 0) is 89.3 Å². The number of hydrogen-bond acceptors (Lipinski definition) is 5. The Morgan fingerprint density at radius 3 is 2.11 bits per heavy atom. The molecule has 0 aromatic heterocycles. The molecule has 0 fully saturated rings. The average molecular weight is 513 g/mol. The van der Waals surface area contributed by atoms with E-state index in [-0.39, 0.29) is 11.4 Å². The molecule has 0 aliphatic carbocycles. The molecule has 0 heterocycles. The van der Waals surface area contributed by atoms with Crippen LogP contribution in [-0.2, 0) is 21.8 Å². The highest BCUT2D eigenvalue weighted by molar-refractivity contribution is 6.10. The number of aryl methyl sites for hydroxylation is 1. The monoisotopic (exact) mass is 512 g/mol. The molecule has 0 amide bonds.